The second kappa shape index (κ2) is 7.22. The van der Waals surface area contributed by atoms with Gasteiger partial charge in [-0.25, -0.2) is 0 Å². The van der Waals surface area contributed by atoms with Crippen molar-refractivity contribution < 1.29 is 4.79 Å². The number of carbonyl (C=O) groups excluding carboxylic acids is 1. The molecule has 0 unspecified atom stereocenters. The van der Waals surface area contributed by atoms with Gasteiger partial charge in [0, 0.05) is 5.56 Å². The predicted molar refractivity (Wildman–Crippen MR) is 89.1 cm³/mol. The number of aryl methyl sites for hydroxylation is 3. The number of piperidine rings is 1. The average molecular weight is 287 g/mol. The Morgan fingerprint density at radius 3 is 2.24 bits per heavy atom. The van der Waals surface area contributed by atoms with Crippen LogP contribution >= 0.6 is 0 Å². The second-order valence-corrected chi connectivity index (χ2v) is 6.71. The van der Waals surface area contributed by atoms with E-state index in [4.69, 9.17) is 0 Å². The molecule has 21 heavy (non-hydrogen) atoms. The van der Waals surface area contributed by atoms with E-state index >= 15 is 0 Å². The van der Waals surface area contributed by atoms with Gasteiger partial charge in [-0.1, -0.05) is 37.5 Å². The number of hydrogen-bond donors (Lipinski definition) is 0. The summed E-state index contributed by atoms with van der Waals surface area (Å²) >= 11 is 0. The summed E-state index contributed by atoms with van der Waals surface area (Å²) in [6.45, 7) is 11.2. The quantitative estimate of drug-likeness (QED) is 0.752. The molecule has 1 aromatic rings. The van der Waals surface area contributed by atoms with Crippen LogP contribution in [0.25, 0.3) is 0 Å². The van der Waals surface area contributed by atoms with Gasteiger partial charge in [-0.2, -0.15) is 0 Å². The van der Waals surface area contributed by atoms with Crippen molar-refractivity contribution in [2.24, 2.45) is 5.92 Å². The number of ketones is 1. The first-order valence-electron chi connectivity index (χ1n) is 8.34. The van der Waals surface area contributed by atoms with Crippen molar-refractivity contribution in [2.75, 3.05) is 19.6 Å². The topological polar surface area (TPSA) is 20.3 Å². The molecular weight excluding hydrogens is 258 g/mol. The molecule has 0 bridgehead atoms. The highest BCUT2D eigenvalue weighted by atomic mass is 16.1. The Hall–Kier alpha value is -1.15. The van der Waals surface area contributed by atoms with Gasteiger partial charge in [0.25, 0.3) is 0 Å². The van der Waals surface area contributed by atoms with E-state index in [9.17, 15) is 4.79 Å². The van der Waals surface area contributed by atoms with Crippen molar-refractivity contribution >= 4 is 5.78 Å². The van der Waals surface area contributed by atoms with Gasteiger partial charge < -0.3 is 0 Å². The Morgan fingerprint density at radius 2 is 1.71 bits per heavy atom. The molecule has 0 saturated carbocycles. The lowest BCUT2D eigenvalue weighted by Gasteiger charge is -2.31. The third kappa shape index (κ3) is 4.16. The molecule has 2 rings (SSSR count). The van der Waals surface area contributed by atoms with Gasteiger partial charge in [-0.3, -0.25) is 9.69 Å². The molecule has 2 nitrogen and oxygen atoms in total. The molecule has 116 valence electrons. The van der Waals surface area contributed by atoms with Gasteiger partial charge in [-0.05, 0) is 63.7 Å². The summed E-state index contributed by atoms with van der Waals surface area (Å²) in [5.41, 5.74) is 4.43. The van der Waals surface area contributed by atoms with Gasteiger partial charge in [0.15, 0.2) is 5.78 Å². The Morgan fingerprint density at radius 1 is 1.14 bits per heavy atom. The largest absolute Gasteiger partial charge is 0.296 e. The molecule has 2 heteroatoms. The van der Waals surface area contributed by atoms with Crippen LogP contribution in [0.2, 0.25) is 0 Å². The molecule has 0 spiro atoms. The Bertz CT molecular complexity index is 475. The van der Waals surface area contributed by atoms with Crippen LogP contribution < -0.4 is 0 Å². The van der Waals surface area contributed by atoms with E-state index in [0.717, 1.165) is 35.7 Å². The van der Waals surface area contributed by atoms with E-state index in [0.29, 0.717) is 12.3 Å². The van der Waals surface area contributed by atoms with Crippen LogP contribution in [0.3, 0.4) is 0 Å². The van der Waals surface area contributed by atoms with Crippen molar-refractivity contribution in [3.63, 3.8) is 0 Å². The summed E-state index contributed by atoms with van der Waals surface area (Å²) in [6.07, 6.45) is 5.14. The number of Topliss-reactive ketones (excluding diaryl/α,β-unsaturated/α-hetero) is 1. The van der Waals surface area contributed by atoms with Gasteiger partial charge in [0.05, 0.1) is 6.54 Å². The van der Waals surface area contributed by atoms with Crippen molar-refractivity contribution in [2.45, 2.75) is 53.4 Å². The summed E-state index contributed by atoms with van der Waals surface area (Å²) in [5.74, 6) is 1.17. The van der Waals surface area contributed by atoms with Gasteiger partial charge >= 0.3 is 0 Å². The molecule has 0 amide bonds. The molecule has 1 aliphatic rings. The van der Waals surface area contributed by atoms with Crippen LogP contribution in [0, 0.1) is 26.7 Å². The van der Waals surface area contributed by atoms with Crippen molar-refractivity contribution in [1.29, 1.82) is 0 Å². The first-order valence-corrected chi connectivity index (χ1v) is 8.34. The Balaban J connectivity index is 1.97. The SMILES string of the molecule is CCCC1CCN(CC(=O)c2c(C)cc(C)cc2C)CC1. The maximum atomic E-state index is 12.6. The lowest BCUT2D eigenvalue weighted by atomic mass is 9.91. The van der Waals surface area contributed by atoms with Crippen LogP contribution in [0.4, 0.5) is 0 Å². The highest BCUT2D eigenvalue weighted by Crippen LogP contribution is 2.23. The second-order valence-electron chi connectivity index (χ2n) is 6.71. The predicted octanol–water partition coefficient (Wildman–Crippen LogP) is 4.31. The van der Waals surface area contributed by atoms with E-state index in [-0.39, 0.29) is 0 Å². The van der Waals surface area contributed by atoms with Gasteiger partial charge in [-0.15, -0.1) is 0 Å². The number of hydrogen-bond acceptors (Lipinski definition) is 2. The standard InChI is InChI=1S/C19H29NO/c1-5-6-17-7-9-20(10-8-17)13-18(21)19-15(3)11-14(2)12-16(19)4/h11-12,17H,5-10,13H2,1-4H3. The molecule has 1 aliphatic heterocycles. The minimum Gasteiger partial charge on any atom is -0.296 e. The Labute approximate surface area is 129 Å². The third-order valence-corrected chi connectivity index (χ3v) is 4.73. The maximum Gasteiger partial charge on any atom is 0.177 e. The smallest absolute Gasteiger partial charge is 0.177 e. The molecule has 0 aromatic heterocycles. The zero-order valence-electron chi connectivity index (χ0n) is 14.0. The fourth-order valence-corrected chi connectivity index (χ4v) is 3.74. The van der Waals surface area contributed by atoms with E-state index in [1.807, 2.05) is 0 Å². The third-order valence-electron chi connectivity index (χ3n) is 4.73. The average Bonchev–Trinajstić information content (AvgIpc) is 2.40. The van der Waals surface area contributed by atoms with Crippen LogP contribution in [-0.2, 0) is 0 Å². The van der Waals surface area contributed by atoms with Crippen molar-refractivity contribution in [3.8, 4) is 0 Å². The van der Waals surface area contributed by atoms with Crippen LogP contribution in [0.5, 0.6) is 0 Å². The number of likely N-dealkylation sites (tertiary alicyclic amines) is 1. The lowest BCUT2D eigenvalue weighted by molar-refractivity contribution is 0.0891. The van der Waals surface area contributed by atoms with Crippen molar-refractivity contribution in [1.82, 2.24) is 4.90 Å². The minimum atomic E-state index is 0.291. The van der Waals surface area contributed by atoms with E-state index in [2.05, 4.69) is 44.7 Å². The number of nitrogens with zero attached hydrogens (tertiary/aromatic N) is 1. The zero-order valence-corrected chi connectivity index (χ0v) is 14.0. The molecule has 0 radical (unpaired) electrons. The number of benzene rings is 1. The van der Waals surface area contributed by atoms with E-state index in [1.54, 1.807) is 0 Å². The summed E-state index contributed by atoms with van der Waals surface area (Å²) in [4.78, 5) is 15.0. The normalized spacial score (nSPS) is 17.1. The maximum absolute atomic E-state index is 12.6. The summed E-state index contributed by atoms with van der Waals surface area (Å²) in [6, 6.07) is 4.24. The van der Waals surface area contributed by atoms with Gasteiger partial charge in [0.1, 0.15) is 0 Å². The monoisotopic (exact) mass is 287 g/mol. The minimum absolute atomic E-state index is 0.291. The molecule has 0 atom stereocenters. The van der Waals surface area contributed by atoms with E-state index < -0.39 is 0 Å². The van der Waals surface area contributed by atoms with Crippen molar-refractivity contribution in [3.05, 3.63) is 34.4 Å². The summed E-state index contributed by atoms with van der Waals surface area (Å²) < 4.78 is 0. The summed E-state index contributed by atoms with van der Waals surface area (Å²) in [5, 5.41) is 0. The van der Waals surface area contributed by atoms with Gasteiger partial charge in [0.2, 0.25) is 0 Å². The molecule has 1 aromatic carbocycles. The van der Waals surface area contributed by atoms with Crippen LogP contribution in [0.1, 0.15) is 59.7 Å². The molecular formula is C19H29NO. The Kier molecular flexibility index (Phi) is 5.58. The molecule has 0 N–H and O–H groups in total. The first kappa shape index (κ1) is 16.2. The molecule has 1 fully saturated rings. The molecule has 0 aliphatic carbocycles. The highest BCUT2D eigenvalue weighted by molar-refractivity contribution is 6.00. The fourth-order valence-electron chi connectivity index (χ4n) is 3.74. The first-order chi connectivity index (χ1) is 10.0. The summed E-state index contributed by atoms with van der Waals surface area (Å²) in [7, 11) is 0. The van der Waals surface area contributed by atoms with E-state index in [1.165, 1.54) is 31.2 Å². The fraction of sp³-hybridized carbons (Fsp3) is 0.632. The van der Waals surface area contributed by atoms with Crippen LogP contribution in [0.15, 0.2) is 12.1 Å². The van der Waals surface area contributed by atoms with Crippen LogP contribution in [-0.4, -0.2) is 30.3 Å². The lowest BCUT2D eigenvalue weighted by Crippen LogP contribution is -2.37. The number of carbonyl (C=O) groups is 1. The molecule has 1 saturated heterocycles. The highest BCUT2D eigenvalue weighted by Gasteiger charge is 2.22. The number of rotatable bonds is 5. The zero-order chi connectivity index (χ0) is 15.4. The molecule has 1 heterocycles.